The number of hydrogen-bond donors (Lipinski definition) is 2. The van der Waals surface area contributed by atoms with Gasteiger partial charge in [-0.1, -0.05) is 25.4 Å². The maximum atomic E-state index is 13.8. The van der Waals surface area contributed by atoms with Crippen LogP contribution in [0.15, 0.2) is 17.0 Å². The summed E-state index contributed by atoms with van der Waals surface area (Å²) in [6.45, 7) is 5.92. The third-order valence-corrected chi connectivity index (χ3v) is 5.74. The van der Waals surface area contributed by atoms with Crippen LogP contribution in [-0.2, 0) is 16.6 Å². The zero-order valence-corrected chi connectivity index (χ0v) is 14.3. The van der Waals surface area contributed by atoms with Crippen LogP contribution in [0.25, 0.3) is 0 Å². The molecule has 0 fully saturated rings. The van der Waals surface area contributed by atoms with E-state index in [1.165, 1.54) is 6.07 Å². The molecule has 0 aliphatic carbocycles. The fraction of sp³-hybridized carbons (Fsp3) is 0.571. The zero-order chi connectivity index (χ0) is 16.3. The van der Waals surface area contributed by atoms with Crippen molar-refractivity contribution in [1.82, 2.24) is 10.0 Å². The summed E-state index contributed by atoms with van der Waals surface area (Å²) < 4.78 is 41.4. The Morgan fingerprint density at radius 1 is 1.29 bits per heavy atom. The van der Waals surface area contributed by atoms with Gasteiger partial charge in [0.05, 0.1) is 9.92 Å². The second kappa shape index (κ2) is 7.05. The highest BCUT2D eigenvalue weighted by Gasteiger charge is 2.28. The highest BCUT2D eigenvalue weighted by Crippen LogP contribution is 2.26. The Labute approximate surface area is 131 Å². The molecular weight excluding hydrogens is 315 g/mol. The highest BCUT2D eigenvalue weighted by molar-refractivity contribution is 7.89. The van der Waals surface area contributed by atoms with Crippen molar-refractivity contribution in [2.24, 2.45) is 0 Å². The van der Waals surface area contributed by atoms with Crippen LogP contribution in [0.4, 0.5) is 4.39 Å². The lowest BCUT2D eigenvalue weighted by atomic mass is 9.98. The van der Waals surface area contributed by atoms with Crippen molar-refractivity contribution in [3.63, 3.8) is 0 Å². The van der Waals surface area contributed by atoms with Gasteiger partial charge in [0.15, 0.2) is 0 Å². The lowest BCUT2D eigenvalue weighted by Crippen LogP contribution is -2.44. The topological polar surface area (TPSA) is 58.2 Å². The molecule has 0 radical (unpaired) electrons. The van der Waals surface area contributed by atoms with Crippen LogP contribution in [0, 0.1) is 5.82 Å². The van der Waals surface area contributed by atoms with Crippen molar-refractivity contribution < 1.29 is 12.8 Å². The molecule has 0 saturated carbocycles. The van der Waals surface area contributed by atoms with Gasteiger partial charge in [-0.25, -0.2) is 17.5 Å². The number of sulfonamides is 1. The first-order valence-electron chi connectivity index (χ1n) is 6.85. The molecule has 120 valence electrons. The molecule has 0 aliphatic rings. The van der Waals surface area contributed by atoms with Crippen LogP contribution >= 0.6 is 11.6 Å². The molecule has 0 aliphatic heterocycles. The number of rotatable bonds is 7. The molecule has 2 N–H and O–H groups in total. The van der Waals surface area contributed by atoms with E-state index < -0.39 is 21.4 Å². The van der Waals surface area contributed by atoms with Gasteiger partial charge in [0, 0.05) is 12.1 Å². The lowest BCUT2D eigenvalue weighted by molar-refractivity contribution is 0.388. The predicted octanol–water partition coefficient (Wildman–Crippen LogP) is 3.06. The average molecular weight is 337 g/mol. The summed E-state index contributed by atoms with van der Waals surface area (Å²) >= 11 is 5.85. The molecule has 1 aromatic rings. The van der Waals surface area contributed by atoms with Crippen molar-refractivity contribution in [3.05, 3.63) is 28.5 Å². The van der Waals surface area contributed by atoms with E-state index >= 15 is 0 Å². The van der Waals surface area contributed by atoms with Gasteiger partial charge in [-0.2, -0.15) is 0 Å². The minimum Gasteiger partial charge on any atom is -0.316 e. The Morgan fingerprint density at radius 2 is 1.86 bits per heavy atom. The van der Waals surface area contributed by atoms with Gasteiger partial charge >= 0.3 is 0 Å². The van der Waals surface area contributed by atoms with E-state index in [0.29, 0.717) is 18.4 Å². The molecule has 1 rings (SSSR count). The van der Waals surface area contributed by atoms with Gasteiger partial charge in [-0.15, -0.1) is 0 Å². The fourth-order valence-electron chi connectivity index (χ4n) is 1.87. The van der Waals surface area contributed by atoms with Gasteiger partial charge in [0.1, 0.15) is 5.82 Å². The summed E-state index contributed by atoms with van der Waals surface area (Å²) in [7, 11) is -2.12. The normalized spacial score (nSPS) is 12.7. The summed E-state index contributed by atoms with van der Waals surface area (Å²) in [4.78, 5) is -0.109. The molecule has 0 heterocycles. The molecule has 21 heavy (non-hydrogen) atoms. The van der Waals surface area contributed by atoms with Crippen molar-refractivity contribution in [3.8, 4) is 0 Å². The van der Waals surface area contributed by atoms with Crippen LogP contribution in [0.1, 0.15) is 39.2 Å². The Morgan fingerprint density at radius 3 is 2.33 bits per heavy atom. The molecule has 0 aromatic heterocycles. The molecule has 1 aromatic carbocycles. The Bertz CT molecular complexity index is 601. The Balaban J connectivity index is 3.26. The Kier molecular flexibility index (Phi) is 6.16. The minimum absolute atomic E-state index is 0.0583. The van der Waals surface area contributed by atoms with Crippen molar-refractivity contribution in [1.29, 1.82) is 0 Å². The molecule has 0 bridgehead atoms. The number of hydrogen-bond acceptors (Lipinski definition) is 3. The van der Waals surface area contributed by atoms with Gasteiger partial charge in [-0.3, -0.25) is 0 Å². The SMILES string of the molecule is CCC(C)(CC)NS(=O)(=O)c1cc(F)c(Cl)c(CNC)c1. The standard InChI is InChI=1S/C14H22ClFN2O2S/c1-5-14(3,6-2)18-21(19,20)11-7-10(9-17-4)13(15)12(16)8-11/h7-8,17-18H,5-6,9H2,1-4H3. The summed E-state index contributed by atoms with van der Waals surface area (Å²) in [6, 6.07) is 2.35. The molecule has 0 amide bonds. The zero-order valence-electron chi connectivity index (χ0n) is 12.8. The van der Waals surface area contributed by atoms with Gasteiger partial charge < -0.3 is 5.32 Å². The second-order valence-corrected chi connectivity index (χ2v) is 7.34. The molecule has 0 spiro atoms. The van der Waals surface area contributed by atoms with Gasteiger partial charge in [0.2, 0.25) is 10.0 Å². The van der Waals surface area contributed by atoms with Gasteiger partial charge in [0.25, 0.3) is 0 Å². The summed E-state index contributed by atoms with van der Waals surface area (Å²) in [5.74, 6) is -0.737. The Hall–Kier alpha value is -0.690. The van der Waals surface area contributed by atoms with Crippen LogP contribution in [0.5, 0.6) is 0 Å². The first-order chi connectivity index (χ1) is 9.69. The highest BCUT2D eigenvalue weighted by atomic mass is 35.5. The van der Waals surface area contributed by atoms with Crippen molar-refractivity contribution in [2.75, 3.05) is 7.05 Å². The molecule has 0 unspecified atom stereocenters. The van der Waals surface area contributed by atoms with Crippen molar-refractivity contribution >= 4 is 21.6 Å². The minimum atomic E-state index is -3.80. The smallest absolute Gasteiger partial charge is 0.241 e. The van der Waals surface area contributed by atoms with Crippen LogP contribution in [0.3, 0.4) is 0 Å². The quantitative estimate of drug-likeness (QED) is 0.804. The second-order valence-electron chi connectivity index (χ2n) is 5.28. The number of nitrogens with one attached hydrogen (secondary N) is 2. The molecule has 0 saturated heterocycles. The number of benzene rings is 1. The molecular formula is C14H22ClFN2O2S. The first kappa shape index (κ1) is 18.4. The van der Waals surface area contributed by atoms with Crippen LogP contribution < -0.4 is 10.0 Å². The van der Waals surface area contributed by atoms with E-state index in [4.69, 9.17) is 11.6 Å². The largest absolute Gasteiger partial charge is 0.316 e. The molecule has 0 atom stereocenters. The van der Waals surface area contributed by atoms with Gasteiger partial charge in [-0.05, 0) is 44.5 Å². The average Bonchev–Trinajstić information content (AvgIpc) is 2.43. The van der Waals surface area contributed by atoms with E-state index in [-0.39, 0.29) is 16.5 Å². The van der Waals surface area contributed by atoms with E-state index in [1.54, 1.807) is 7.05 Å². The third-order valence-electron chi connectivity index (χ3n) is 3.70. The van der Waals surface area contributed by atoms with Crippen LogP contribution in [0.2, 0.25) is 5.02 Å². The van der Waals surface area contributed by atoms with Crippen LogP contribution in [-0.4, -0.2) is 21.0 Å². The number of halogens is 2. The van der Waals surface area contributed by atoms with Crippen molar-refractivity contribution in [2.45, 2.75) is 50.6 Å². The monoisotopic (exact) mass is 336 g/mol. The lowest BCUT2D eigenvalue weighted by Gasteiger charge is -2.28. The van der Waals surface area contributed by atoms with E-state index in [0.717, 1.165) is 6.07 Å². The maximum absolute atomic E-state index is 13.8. The third kappa shape index (κ3) is 4.39. The maximum Gasteiger partial charge on any atom is 0.241 e. The first-order valence-corrected chi connectivity index (χ1v) is 8.71. The summed E-state index contributed by atoms with van der Waals surface area (Å²) in [5.41, 5.74) is -0.146. The summed E-state index contributed by atoms with van der Waals surface area (Å²) in [5, 5.41) is 2.78. The van der Waals surface area contributed by atoms with E-state index in [2.05, 4.69) is 10.0 Å². The van der Waals surface area contributed by atoms with E-state index in [1.807, 2.05) is 20.8 Å². The summed E-state index contributed by atoms with van der Waals surface area (Å²) in [6.07, 6.45) is 1.28. The predicted molar refractivity (Wildman–Crippen MR) is 83.5 cm³/mol. The molecule has 7 heteroatoms. The molecule has 4 nitrogen and oxygen atoms in total. The van der Waals surface area contributed by atoms with E-state index in [9.17, 15) is 12.8 Å². The fourth-order valence-corrected chi connectivity index (χ4v) is 3.66.